The van der Waals surface area contributed by atoms with Crippen LogP contribution in [0.2, 0.25) is 0 Å². The van der Waals surface area contributed by atoms with E-state index >= 15 is 0 Å². The van der Waals surface area contributed by atoms with E-state index in [4.69, 9.17) is 14.2 Å². The number of aromatic nitrogens is 1. The van der Waals surface area contributed by atoms with Gasteiger partial charge < -0.3 is 19.5 Å². The number of nitrogens with one attached hydrogen (secondary N) is 1. The molecule has 0 fully saturated rings. The molecule has 1 atom stereocenters. The first-order chi connectivity index (χ1) is 8.26. The van der Waals surface area contributed by atoms with Gasteiger partial charge in [0, 0.05) is 26.3 Å². The minimum atomic E-state index is 0.252. The normalized spacial score (nSPS) is 12.2. The molecule has 0 saturated heterocycles. The van der Waals surface area contributed by atoms with Crippen LogP contribution in [0.1, 0.15) is 6.92 Å². The predicted octanol–water partition coefficient (Wildman–Crippen LogP) is 1.55. The molecule has 0 bridgehead atoms. The van der Waals surface area contributed by atoms with Crippen LogP contribution in [-0.4, -0.2) is 45.1 Å². The average Bonchev–Trinajstić information content (AvgIpc) is 2.32. The van der Waals surface area contributed by atoms with E-state index in [1.54, 1.807) is 20.4 Å². The first-order valence-electron chi connectivity index (χ1n) is 5.59. The van der Waals surface area contributed by atoms with Gasteiger partial charge in [-0.25, -0.2) is 4.98 Å². The van der Waals surface area contributed by atoms with Crippen molar-refractivity contribution in [3.8, 4) is 5.88 Å². The molecular weight excluding hydrogens is 220 g/mol. The monoisotopic (exact) mass is 240 g/mol. The number of nitrogens with zero attached hydrogens (tertiary/aromatic N) is 1. The molecule has 1 unspecified atom stereocenters. The van der Waals surface area contributed by atoms with Gasteiger partial charge in [0.25, 0.3) is 0 Å². The maximum Gasteiger partial charge on any atom is 0.213 e. The van der Waals surface area contributed by atoms with Crippen LogP contribution >= 0.6 is 0 Å². The Bertz CT molecular complexity index is 303. The Morgan fingerprint density at radius 1 is 1.24 bits per heavy atom. The van der Waals surface area contributed by atoms with E-state index < -0.39 is 0 Å². The zero-order valence-electron chi connectivity index (χ0n) is 10.6. The number of rotatable bonds is 8. The Morgan fingerprint density at radius 3 is 2.65 bits per heavy atom. The third-order valence-electron chi connectivity index (χ3n) is 2.10. The molecule has 17 heavy (non-hydrogen) atoms. The van der Waals surface area contributed by atoms with Crippen LogP contribution in [0.25, 0.3) is 0 Å². The number of ether oxygens (including phenoxy) is 3. The second-order valence-electron chi connectivity index (χ2n) is 3.73. The molecule has 1 aromatic heterocycles. The van der Waals surface area contributed by atoms with Gasteiger partial charge in [-0.2, -0.15) is 0 Å². The number of anilines is 1. The molecule has 0 spiro atoms. The van der Waals surface area contributed by atoms with E-state index in [9.17, 15) is 0 Å². The Kier molecular flexibility index (Phi) is 6.35. The van der Waals surface area contributed by atoms with Gasteiger partial charge in [-0.05, 0) is 13.0 Å². The third-order valence-corrected chi connectivity index (χ3v) is 2.10. The van der Waals surface area contributed by atoms with Crippen LogP contribution in [0, 0.1) is 0 Å². The molecule has 0 aliphatic carbocycles. The summed E-state index contributed by atoms with van der Waals surface area (Å²) >= 11 is 0. The van der Waals surface area contributed by atoms with Crippen molar-refractivity contribution in [2.75, 3.05) is 39.4 Å². The van der Waals surface area contributed by atoms with Gasteiger partial charge in [0.15, 0.2) is 0 Å². The van der Waals surface area contributed by atoms with E-state index in [1.165, 1.54) is 0 Å². The van der Waals surface area contributed by atoms with Gasteiger partial charge in [0.2, 0.25) is 5.88 Å². The average molecular weight is 240 g/mol. The summed E-state index contributed by atoms with van der Waals surface area (Å²) in [6, 6.07) is 4.01. The fourth-order valence-corrected chi connectivity index (χ4v) is 1.36. The summed E-state index contributed by atoms with van der Waals surface area (Å²) in [5.41, 5.74) is 0.952. The molecule has 1 aromatic rings. The zero-order chi connectivity index (χ0) is 12.5. The van der Waals surface area contributed by atoms with Crippen molar-refractivity contribution < 1.29 is 14.2 Å². The Hall–Kier alpha value is -1.33. The van der Waals surface area contributed by atoms with Crippen molar-refractivity contribution in [2.24, 2.45) is 0 Å². The smallest absolute Gasteiger partial charge is 0.213 e. The van der Waals surface area contributed by atoms with E-state index in [0.717, 1.165) is 5.69 Å². The zero-order valence-corrected chi connectivity index (χ0v) is 10.6. The van der Waals surface area contributed by atoms with E-state index in [0.29, 0.717) is 25.7 Å². The van der Waals surface area contributed by atoms with Crippen LogP contribution in [0.5, 0.6) is 5.88 Å². The first-order valence-corrected chi connectivity index (χ1v) is 5.59. The summed E-state index contributed by atoms with van der Waals surface area (Å²) in [5, 5.41) is 3.27. The highest BCUT2D eigenvalue weighted by Crippen LogP contribution is 2.12. The van der Waals surface area contributed by atoms with Crippen LogP contribution in [0.3, 0.4) is 0 Å². The fourth-order valence-electron chi connectivity index (χ4n) is 1.36. The van der Waals surface area contributed by atoms with E-state index in [1.807, 2.05) is 19.1 Å². The van der Waals surface area contributed by atoms with Crippen molar-refractivity contribution in [3.63, 3.8) is 0 Å². The molecule has 5 heteroatoms. The molecule has 1 rings (SSSR count). The third kappa shape index (κ3) is 5.51. The van der Waals surface area contributed by atoms with Gasteiger partial charge in [-0.3, -0.25) is 0 Å². The van der Waals surface area contributed by atoms with Crippen molar-refractivity contribution in [3.05, 3.63) is 18.3 Å². The molecular formula is C12H20N2O3. The molecule has 1 heterocycles. The van der Waals surface area contributed by atoms with Crippen LogP contribution < -0.4 is 10.1 Å². The largest absolute Gasteiger partial charge is 0.475 e. The maximum atomic E-state index is 5.37. The second-order valence-corrected chi connectivity index (χ2v) is 3.73. The Balaban J connectivity index is 2.39. The van der Waals surface area contributed by atoms with Crippen molar-refractivity contribution >= 4 is 5.69 Å². The van der Waals surface area contributed by atoms with Crippen LogP contribution in [0.4, 0.5) is 5.69 Å². The lowest BCUT2D eigenvalue weighted by molar-refractivity contribution is 0.144. The van der Waals surface area contributed by atoms with Crippen LogP contribution in [0.15, 0.2) is 18.3 Å². The van der Waals surface area contributed by atoms with Gasteiger partial charge in [0.1, 0.15) is 6.61 Å². The molecule has 5 nitrogen and oxygen atoms in total. The first kappa shape index (κ1) is 13.7. The van der Waals surface area contributed by atoms with E-state index in [-0.39, 0.29) is 6.04 Å². The molecule has 0 aliphatic rings. The lowest BCUT2D eigenvalue weighted by Crippen LogP contribution is -2.20. The summed E-state index contributed by atoms with van der Waals surface area (Å²) in [4.78, 5) is 4.18. The van der Waals surface area contributed by atoms with Gasteiger partial charge >= 0.3 is 0 Å². The summed E-state index contributed by atoms with van der Waals surface area (Å²) in [5.74, 6) is 0.604. The topological polar surface area (TPSA) is 52.6 Å². The highest BCUT2D eigenvalue weighted by molar-refractivity contribution is 5.42. The molecule has 0 saturated carbocycles. The minimum Gasteiger partial charge on any atom is -0.475 e. The molecule has 96 valence electrons. The molecule has 0 amide bonds. The predicted molar refractivity (Wildman–Crippen MR) is 66.6 cm³/mol. The molecule has 0 aliphatic heterocycles. The standard InChI is InChI=1S/C12H20N2O3/c1-10(9-16-3)14-11-4-5-12(13-8-11)17-7-6-15-2/h4-5,8,10,14H,6-7,9H2,1-3H3. The summed E-state index contributed by atoms with van der Waals surface area (Å²) in [6.07, 6.45) is 1.74. The SMILES string of the molecule is COCCOc1ccc(NC(C)COC)cn1. The quantitative estimate of drug-likeness (QED) is 0.699. The minimum absolute atomic E-state index is 0.252. The van der Waals surface area contributed by atoms with Gasteiger partial charge in [0.05, 0.1) is 25.1 Å². The Labute approximate surface area is 102 Å². The number of pyridine rings is 1. The molecule has 0 aromatic carbocycles. The molecule has 1 N–H and O–H groups in total. The van der Waals surface area contributed by atoms with Crippen LogP contribution in [-0.2, 0) is 9.47 Å². The number of methoxy groups -OCH3 is 2. The van der Waals surface area contributed by atoms with Gasteiger partial charge in [-0.1, -0.05) is 0 Å². The number of hydrogen-bond donors (Lipinski definition) is 1. The summed E-state index contributed by atoms with van der Waals surface area (Å²) in [6.45, 7) is 3.78. The van der Waals surface area contributed by atoms with Gasteiger partial charge in [-0.15, -0.1) is 0 Å². The summed E-state index contributed by atoms with van der Waals surface area (Å²) in [7, 11) is 3.32. The van der Waals surface area contributed by atoms with E-state index in [2.05, 4.69) is 10.3 Å². The highest BCUT2D eigenvalue weighted by atomic mass is 16.5. The van der Waals surface area contributed by atoms with Crippen molar-refractivity contribution in [1.29, 1.82) is 0 Å². The Morgan fingerprint density at radius 2 is 2.06 bits per heavy atom. The summed E-state index contributed by atoms with van der Waals surface area (Å²) < 4.78 is 15.3. The lowest BCUT2D eigenvalue weighted by Gasteiger charge is -2.14. The van der Waals surface area contributed by atoms with Crippen molar-refractivity contribution in [2.45, 2.75) is 13.0 Å². The fraction of sp³-hybridized carbons (Fsp3) is 0.583. The highest BCUT2D eigenvalue weighted by Gasteiger charge is 2.02. The number of hydrogen-bond acceptors (Lipinski definition) is 5. The van der Waals surface area contributed by atoms with Crippen molar-refractivity contribution in [1.82, 2.24) is 4.98 Å². The lowest BCUT2D eigenvalue weighted by atomic mass is 10.3. The molecule has 0 radical (unpaired) electrons. The maximum absolute atomic E-state index is 5.37. The second kappa shape index (κ2) is 7.86.